The van der Waals surface area contributed by atoms with Crippen molar-refractivity contribution in [2.45, 2.75) is 63.2 Å². The number of amides is 3. The van der Waals surface area contributed by atoms with E-state index in [9.17, 15) is 24.3 Å². The second-order valence-corrected chi connectivity index (χ2v) is 18.8. The molecule has 4 N–H and O–H groups in total. The minimum absolute atomic E-state index is 0.0243. The molecule has 274 valence electrons. The summed E-state index contributed by atoms with van der Waals surface area (Å²) in [5.41, 5.74) is 4.05. The summed E-state index contributed by atoms with van der Waals surface area (Å²) < 4.78 is 6.87. The number of H-pyrrole nitrogens is 1. The smallest absolute Gasteiger partial charge is 0.264 e. The van der Waals surface area contributed by atoms with Gasteiger partial charge in [0, 0.05) is 52.9 Å². The van der Waals surface area contributed by atoms with Crippen molar-refractivity contribution in [1.82, 2.24) is 9.88 Å². The molecule has 0 bridgehead atoms. The van der Waals surface area contributed by atoms with E-state index in [1.165, 1.54) is 0 Å². The number of nitrogens with zero attached hydrogens (tertiary/aromatic N) is 2. The molecule has 3 heterocycles. The Morgan fingerprint density at radius 2 is 1.64 bits per heavy atom. The van der Waals surface area contributed by atoms with Crippen molar-refractivity contribution in [3.63, 3.8) is 0 Å². The molecule has 5 aromatic rings. The number of aromatic amines is 1. The van der Waals surface area contributed by atoms with Crippen molar-refractivity contribution < 1.29 is 29.0 Å². The molecule has 1 saturated heterocycles. The van der Waals surface area contributed by atoms with Crippen molar-refractivity contribution >= 4 is 48.3 Å². The number of anilines is 2. The van der Waals surface area contributed by atoms with Crippen LogP contribution in [0.5, 0.6) is 0 Å². The van der Waals surface area contributed by atoms with Gasteiger partial charge in [0.1, 0.15) is 0 Å². The number of hydrogen-bond donors (Lipinski definition) is 4. The molecule has 53 heavy (non-hydrogen) atoms. The SMILES string of the molecule is C[C@@H]1[C@@H]([Si](C)(C)O)[C@H](CC(=O)N(CCO)Cc2ccccc2)O[C@@]12C(=O)N(Cc1ccc(NC(=O)Cc3c[nH]c4ccccc34)cc1)c1ccccc12. The van der Waals surface area contributed by atoms with Crippen LogP contribution in [0.3, 0.4) is 0 Å². The third kappa shape index (κ3) is 7.05. The molecule has 11 heteroatoms. The van der Waals surface area contributed by atoms with E-state index in [4.69, 9.17) is 4.74 Å². The molecule has 2 aliphatic rings. The summed E-state index contributed by atoms with van der Waals surface area (Å²) in [5.74, 6) is -0.972. The highest BCUT2D eigenvalue weighted by Gasteiger charge is 2.66. The first-order valence-corrected chi connectivity index (χ1v) is 21.2. The first kappa shape index (κ1) is 36.3. The largest absolute Gasteiger partial charge is 0.432 e. The van der Waals surface area contributed by atoms with E-state index in [-0.39, 0.29) is 50.3 Å². The van der Waals surface area contributed by atoms with E-state index in [1.807, 2.05) is 129 Å². The number of aromatic nitrogens is 1. The minimum atomic E-state index is -2.99. The van der Waals surface area contributed by atoms with Crippen LogP contribution in [0.1, 0.15) is 35.6 Å². The molecule has 1 spiro atoms. The predicted octanol–water partition coefficient (Wildman–Crippen LogP) is 6.10. The Hall–Kier alpha value is -5.07. The fourth-order valence-corrected chi connectivity index (χ4v) is 11.0. The molecular weight excluding hydrogens is 685 g/mol. The van der Waals surface area contributed by atoms with Crippen LogP contribution >= 0.6 is 0 Å². The first-order chi connectivity index (χ1) is 25.5. The normalized spacial score (nSPS) is 21.0. The highest BCUT2D eigenvalue weighted by molar-refractivity contribution is 6.71. The average Bonchev–Trinajstić information content (AvgIpc) is 3.76. The zero-order valence-corrected chi connectivity index (χ0v) is 31.3. The molecular formula is C42H46N4O6Si. The Balaban J connectivity index is 1.09. The molecule has 4 aromatic carbocycles. The Morgan fingerprint density at radius 3 is 2.38 bits per heavy atom. The lowest BCUT2D eigenvalue weighted by molar-refractivity contribution is -0.150. The zero-order valence-electron chi connectivity index (χ0n) is 30.3. The lowest BCUT2D eigenvalue weighted by Crippen LogP contribution is -2.46. The fourth-order valence-electron chi connectivity index (χ4n) is 8.44. The average molecular weight is 731 g/mol. The van der Waals surface area contributed by atoms with Crippen molar-refractivity contribution in [3.05, 3.63) is 132 Å². The van der Waals surface area contributed by atoms with Crippen LogP contribution < -0.4 is 10.2 Å². The molecule has 0 aliphatic carbocycles. The maximum absolute atomic E-state index is 14.8. The van der Waals surface area contributed by atoms with E-state index in [0.717, 1.165) is 38.8 Å². The highest BCUT2D eigenvalue weighted by atomic mass is 28.4. The van der Waals surface area contributed by atoms with Crippen LogP contribution in [-0.4, -0.2) is 65.1 Å². The minimum Gasteiger partial charge on any atom is -0.432 e. The van der Waals surface area contributed by atoms with Crippen LogP contribution in [-0.2, 0) is 44.2 Å². The Morgan fingerprint density at radius 1 is 0.943 bits per heavy atom. The lowest BCUT2D eigenvalue weighted by Gasteiger charge is -2.32. The number of benzene rings is 4. The quantitative estimate of drug-likeness (QED) is 0.115. The molecule has 10 nitrogen and oxygen atoms in total. The molecule has 4 atom stereocenters. The van der Waals surface area contributed by atoms with E-state index in [1.54, 1.807) is 9.80 Å². The van der Waals surface area contributed by atoms with Crippen LogP contribution in [0.15, 0.2) is 109 Å². The fraction of sp³-hybridized carbons (Fsp3) is 0.310. The summed E-state index contributed by atoms with van der Waals surface area (Å²) in [5, 5.41) is 13.8. The Labute approximate surface area is 310 Å². The number of para-hydroxylation sites is 2. The maximum Gasteiger partial charge on any atom is 0.264 e. The second-order valence-electron chi connectivity index (χ2n) is 14.8. The van der Waals surface area contributed by atoms with Gasteiger partial charge in [0.2, 0.25) is 11.8 Å². The summed E-state index contributed by atoms with van der Waals surface area (Å²) in [6.45, 7) is 6.22. The molecule has 1 aromatic heterocycles. The van der Waals surface area contributed by atoms with Crippen molar-refractivity contribution in [3.8, 4) is 0 Å². The van der Waals surface area contributed by atoms with Crippen molar-refractivity contribution in [1.29, 1.82) is 0 Å². The third-order valence-corrected chi connectivity index (χ3v) is 13.3. The van der Waals surface area contributed by atoms with Gasteiger partial charge >= 0.3 is 0 Å². The number of rotatable bonds is 12. The highest BCUT2D eigenvalue weighted by Crippen LogP contribution is 2.59. The number of aliphatic hydroxyl groups excluding tert-OH is 1. The Kier molecular flexibility index (Phi) is 10.1. The number of hydrogen-bond acceptors (Lipinski definition) is 6. The summed E-state index contributed by atoms with van der Waals surface area (Å²) in [6, 6.07) is 32.6. The van der Waals surface area contributed by atoms with Crippen LogP contribution in [0.4, 0.5) is 11.4 Å². The van der Waals surface area contributed by atoms with E-state index in [2.05, 4.69) is 10.3 Å². The van der Waals surface area contributed by atoms with Gasteiger partial charge in [-0.05, 0) is 54.0 Å². The van der Waals surface area contributed by atoms with Crippen LogP contribution in [0, 0.1) is 5.92 Å². The summed E-state index contributed by atoms with van der Waals surface area (Å²) in [6.07, 6.45) is 1.37. The molecule has 3 amide bonds. The molecule has 0 saturated carbocycles. The molecule has 1 fully saturated rings. The van der Waals surface area contributed by atoms with E-state index >= 15 is 0 Å². The number of nitrogens with one attached hydrogen (secondary N) is 2. The lowest BCUT2D eigenvalue weighted by atomic mass is 9.82. The van der Waals surface area contributed by atoms with Gasteiger partial charge in [-0.15, -0.1) is 0 Å². The van der Waals surface area contributed by atoms with Gasteiger partial charge in [0.25, 0.3) is 5.91 Å². The first-order valence-electron chi connectivity index (χ1n) is 18.2. The van der Waals surface area contributed by atoms with Gasteiger partial charge in [0.05, 0.1) is 37.8 Å². The number of aliphatic hydroxyl groups is 1. The maximum atomic E-state index is 14.8. The zero-order chi connectivity index (χ0) is 37.3. The topological polar surface area (TPSA) is 135 Å². The molecule has 0 unspecified atom stereocenters. The Bertz CT molecular complexity index is 2110. The number of carbonyl (C=O) groups is 3. The summed E-state index contributed by atoms with van der Waals surface area (Å²) in [7, 11) is -2.99. The van der Waals surface area contributed by atoms with Crippen molar-refractivity contribution in [2.24, 2.45) is 5.92 Å². The van der Waals surface area contributed by atoms with Crippen LogP contribution in [0.25, 0.3) is 10.9 Å². The second kappa shape index (κ2) is 14.7. The van der Waals surface area contributed by atoms with Gasteiger partial charge in [-0.3, -0.25) is 14.4 Å². The van der Waals surface area contributed by atoms with Crippen molar-refractivity contribution in [2.75, 3.05) is 23.4 Å². The van der Waals surface area contributed by atoms with Gasteiger partial charge in [0.15, 0.2) is 13.9 Å². The number of fused-ring (bicyclic) bond motifs is 3. The van der Waals surface area contributed by atoms with Gasteiger partial charge in [-0.1, -0.05) is 85.8 Å². The van der Waals surface area contributed by atoms with Gasteiger partial charge < -0.3 is 34.7 Å². The van der Waals surface area contributed by atoms with Crippen LogP contribution in [0.2, 0.25) is 18.6 Å². The summed E-state index contributed by atoms with van der Waals surface area (Å²) >= 11 is 0. The van der Waals surface area contributed by atoms with Gasteiger partial charge in [-0.2, -0.15) is 0 Å². The van der Waals surface area contributed by atoms with Gasteiger partial charge in [-0.25, -0.2) is 0 Å². The molecule has 7 rings (SSSR count). The van der Waals surface area contributed by atoms with E-state index in [0.29, 0.717) is 12.2 Å². The standard InChI is InChI=1S/C42H46N4O6Si/c1-28-40(53(2,3)51)37(24-39(49)45(21-22-47)26-29-11-5-4-6-12-29)52-42(28)34-14-8-10-16-36(34)46(41(42)50)27-30-17-19-32(20-18-30)44-38(48)23-31-25-43-35-15-9-7-13-33(31)35/h4-20,25,28,37,40,43,47,51H,21-24,26-27H2,1-3H3,(H,44,48)/t28-,37+,40-,42+/m1/s1. The molecule has 2 aliphatic heterocycles. The predicted molar refractivity (Wildman–Crippen MR) is 207 cm³/mol. The monoisotopic (exact) mass is 730 g/mol. The number of carbonyl (C=O) groups excluding carboxylic acids is 3. The third-order valence-electron chi connectivity index (χ3n) is 10.8. The molecule has 0 radical (unpaired) electrons. The number of ether oxygens (including phenoxy) is 1. The summed E-state index contributed by atoms with van der Waals surface area (Å²) in [4.78, 5) is 59.8. The van der Waals surface area contributed by atoms with E-state index < -0.39 is 31.5 Å².